The summed E-state index contributed by atoms with van der Waals surface area (Å²) in [5, 5.41) is 2.66. The van der Waals surface area contributed by atoms with Crippen LogP contribution in [0.2, 0.25) is 0 Å². The van der Waals surface area contributed by atoms with Gasteiger partial charge in [-0.3, -0.25) is 9.59 Å². The summed E-state index contributed by atoms with van der Waals surface area (Å²) in [6, 6.07) is 7.28. The summed E-state index contributed by atoms with van der Waals surface area (Å²) >= 11 is 0. The predicted molar refractivity (Wildman–Crippen MR) is 66.9 cm³/mol. The second-order valence-corrected chi connectivity index (χ2v) is 3.88. The van der Waals surface area contributed by atoms with Crippen molar-refractivity contribution in [3.05, 3.63) is 29.8 Å². The lowest BCUT2D eigenvalue weighted by molar-refractivity contribution is -0.117. The van der Waals surface area contributed by atoms with Crippen LogP contribution in [0.15, 0.2) is 24.3 Å². The summed E-state index contributed by atoms with van der Waals surface area (Å²) in [5.41, 5.74) is 6.42. The fourth-order valence-electron chi connectivity index (χ4n) is 1.45. The van der Waals surface area contributed by atoms with E-state index in [0.29, 0.717) is 5.56 Å². The molecular weight excluding hydrogens is 218 g/mol. The number of nitrogens with zero attached hydrogens (tertiary/aromatic N) is 1. The first kappa shape index (κ1) is 13.0. The first-order valence-electron chi connectivity index (χ1n) is 5.35. The van der Waals surface area contributed by atoms with Crippen molar-refractivity contribution in [1.82, 2.24) is 5.32 Å². The van der Waals surface area contributed by atoms with Gasteiger partial charge < -0.3 is 16.0 Å². The van der Waals surface area contributed by atoms with Gasteiger partial charge in [0.1, 0.15) is 0 Å². The summed E-state index contributed by atoms with van der Waals surface area (Å²) in [7, 11) is 3.74. The molecule has 92 valence electrons. The van der Waals surface area contributed by atoms with Gasteiger partial charge in [0, 0.05) is 32.7 Å². The molecule has 0 unspecified atom stereocenters. The molecule has 0 aliphatic carbocycles. The predicted octanol–water partition coefficient (Wildman–Crippen LogP) is 0.358. The van der Waals surface area contributed by atoms with E-state index in [1.54, 1.807) is 12.1 Å². The van der Waals surface area contributed by atoms with Crippen molar-refractivity contribution in [2.45, 2.75) is 6.42 Å². The molecule has 0 saturated carbocycles. The lowest BCUT2D eigenvalue weighted by Crippen LogP contribution is -2.29. The van der Waals surface area contributed by atoms with Crippen LogP contribution in [0.4, 0.5) is 5.69 Å². The fourth-order valence-corrected chi connectivity index (χ4v) is 1.45. The van der Waals surface area contributed by atoms with Crippen LogP contribution in [0.25, 0.3) is 0 Å². The Morgan fingerprint density at radius 2 is 1.94 bits per heavy atom. The second-order valence-electron chi connectivity index (χ2n) is 3.88. The summed E-state index contributed by atoms with van der Waals surface area (Å²) in [6.45, 7) is 0.260. The first-order valence-corrected chi connectivity index (χ1v) is 5.35. The van der Waals surface area contributed by atoms with Crippen molar-refractivity contribution >= 4 is 17.5 Å². The van der Waals surface area contributed by atoms with Gasteiger partial charge in [-0.05, 0) is 12.1 Å². The molecule has 5 heteroatoms. The topological polar surface area (TPSA) is 75.4 Å². The molecular formula is C12H17N3O2. The van der Waals surface area contributed by atoms with E-state index >= 15 is 0 Å². The van der Waals surface area contributed by atoms with E-state index in [1.807, 2.05) is 31.1 Å². The maximum absolute atomic E-state index is 11.9. The number of rotatable bonds is 5. The number of carbonyl (C=O) groups excluding carboxylic acids is 2. The Bertz CT molecular complexity index is 416. The zero-order valence-electron chi connectivity index (χ0n) is 10.1. The molecule has 0 aromatic heterocycles. The van der Waals surface area contributed by atoms with E-state index in [4.69, 9.17) is 5.73 Å². The Balaban J connectivity index is 2.71. The average Bonchev–Trinajstić information content (AvgIpc) is 2.28. The zero-order chi connectivity index (χ0) is 12.8. The molecule has 0 radical (unpaired) electrons. The van der Waals surface area contributed by atoms with Crippen LogP contribution in [0.1, 0.15) is 16.8 Å². The number of para-hydroxylation sites is 1. The Hall–Kier alpha value is -2.04. The van der Waals surface area contributed by atoms with E-state index in [1.165, 1.54) is 0 Å². The smallest absolute Gasteiger partial charge is 0.253 e. The van der Waals surface area contributed by atoms with Crippen molar-refractivity contribution in [2.75, 3.05) is 25.5 Å². The molecule has 3 N–H and O–H groups in total. The minimum Gasteiger partial charge on any atom is -0.377 e. The standard InChI is InChI=1S/C12H17N3O2/c1-15(2)10-6-4-3-5-9(10)12(17)14-8-7-11(13)16/h3-6H,7-8H2,1-2H3,(H2,13,16)(H,14,17). The molecule has 0 saturated heterocycles. The maximum atomic E-state index is 11.9. The molecule has 1 aromatic carbocycles. The second kappa shape index (κ2) is 5.89. The summed E-state index contributed by atoms with van der Waals surface area (Å²) < 4.78 is 0. The normalized spacial score (nSPS) is 9.76. The Morgan fingerprint density at radius 3 is 2.53 bits per heavy atom. The Morgan fingerprint density at radius 1 is 1.29 bits per heavy atom. The Kier molecular flexibility index (Phi) is 4.51. The molecule has 0 bridgehead atoms. The number of benzene rings is 1. The van der Waals surface area contributed by atoms with Crippen molar-refractivity contribution in [1.29, 1.82) is 0 Å². The van der Waals surface area contributed by atoms with Gasteiger partial charge in [0.25, 0.3) is 5.91 Å². The van der Waals surface area contributed by atoms with E-state index in [0.717, 1.165) is 5.69 Å². The highest BCUT2D eigenvalue weighted by atomic mass is 16.2. The molecule has 0 fully saturated rings. The van der Waals surface area contributed by atoms with Crippen LogP contribution in [0, 0.1) is 0 Å². The molecule has 2 amide bonds. The summed E-state index contributed by atoms with van der Waals surface area (Å²) in [4.78, 5) is 24.3. The number of anilines is 1. The number of primary amides is 1. The highest BCUT2D eigenvalue weighted by Crippen LogP contribution is 2.17. The van der Waals surface area contributed by atoms with Crippen molar-refractivity contribution < 1.29 is 9.59 Å². The van der Waals surface area contributed by atoms with Gasteiger partial charge in [-0.1, -0.05) is 12.1 Å². The molecule has 0 spiro atoms. The van der Waals surface area contributed by atoms with Gasteiger partial charge in [0.05, 0.1) is 5.56 Å². The third-order valence-electron chi connectivity index (χ3n) is 2.29. The SMILES string of the molecule is CN(C)c1ccccc1C(=O)NCCC(N)=O. The van der Waals surface area contributed by atoms with Gasteiger partial charge >= 0.3 is 0 Å². The molecule has 1 rings (SSSR count). The summed E-state index contributed by atoms with van der Waals surface area (Å²) in [6.07, 6.45) is 0.149. The van der Waals surface area contributed by atoms with E-state index < -0.39 is 5.91 Å². The quantitative estimate of drug-likeness (QED) is 0.773. The van der Waals surface area contributed by atoms with Crippen LogP contribution in [-0.4, -0.2) is 32.5 Å². The maximum Gasteiger partial charge on any atom is 0.253 e. The Labute approximate surface area is 101 Å². The first-order chi connectivity index (χ1) is 8.02. The van der Waals surface area contributed by atoms with Crippen LogP contribution < -0.4 is 16.0 Å². The molecule has 0 atom stereocenters. The highest BCUT2D eigenvalue weighted by Gasteiger charge is 2.11. The minimum atomic E-state index is -0.425. The lowest BCUT2D eigenvalue weighted by Gasteiger charge is -2.16. The molecule has 0 aliphatic rings. The highest BCUT2D eigenvalue weighted by molar-refractivity contribution is 5.99. The number of nitrogens with two attached hydrogens (primary N) is 1. The van der Waals surface area contributed by atoms with E-state index in [-0.39, 0.29) is 18.9 Å². The van der Waals surface area contributed by atoms with E-state index in [9.17, 15) is 9.59 Å². The lowest BCUT2D eigenvalue weighted by atomic mass is 10.1. The van der Waals surface area contributed by atoms with Crippen LogP contribution in [0.5, 0.6) is 0 Å². The third kappa shape index (κ3) is 3.79. The number of amides is 2. The largest absolute Gasteiger partial charge is 0.377 e. The molecule has 0 heterocycles. The molecule has 1 aromatic rings. The van der Waals surface area contributed by atoms with Gasteiger partial charge in [-0.25, -0.2) is 0 Å². The van der Waals surface area contributed by atoms with Gasteiger partial charge in [0.2, 0.25) is 5.91 Å². The zero-order valence-corrected chi connectivity index (χ0v) is 10.1. The molecule has 17 heavy (non-hydrogen) atoms. The molecule has 5 nitrogen and oxygen atoms in total. The number of hydrogen-bond donors (Lipinski definition) is 2. The van der Waals surface area contributed by atoms with Gasteiger partial charge in [-0.2, -0.15) is 0 Å². The van der Waals surface area contributed by atoms with Crippen molar-refractivity contribution in [3.8, 4) is 0 Å². The average molecular weight is 235 g/mol. The third-order valence-corrected chi connectivity index (χ3v) is 2.29. The van der Waals surface area contributed by atoms with Crippen molar-refractivity contribution in [2.24, 2.45) is 5.73 Å². The monoisotopic (exact) mass is 235 g/mol. The minimum absolute atomic E-state index is 0.149. The van der Waals surface area contributed by atoms with E-state index in [2.05, 4.69) is 5.32 Å². The fraction of sp³-hybridized carbons (Fsp3) is 0.333. The van der Waals surface area contributed by atoms with Crippen LogP contribution >= 0.6 is 0 Å². The van der Waals surface area contributed by atoms with Gasteiger partial charge in [0.15, 0.2) is 0 Å². The van der Waals surface area contributed by atoms with Gasteiger partial charge in [-0.15, -0.1) is 0 Å². The number of carbonyl (C=O) groups is 2. The summed E-state index contributed by atoms with van der Waals surface area (Å²) in [5.74, 6) is -0.623. The number of hydrogen-bond acceptors (Lipinski definition) is 3. The van der Waals surface area contributed by atoms with Crippen LogP contribution in [0.3, 0.4) is 0 Å². The van der Waals surface area contributed by atoms with Crippen LogP contribution in [-0.2, 0) is 4.79 Å². The number of nitrogens with one attached hydrogen (secondary N) is 1. The van der Waals surface area contributed by atoms with Crippen molar-refractivity contribution in [3.63, 3.8) is 0 Å². The molecule has 0 aliphatic heterocycles.